The smallest absolute Gasteiger partial charge is 0.270 e. The van der Waals surface area contributed by atoms with Gasteiger partial charge in [0, 0.05) is 31.6 Å². The number of rotatable bonds is 9. The molecular weight excluding hydrogens is 430 g/mol. The highest BCUT2D eigenvalue weighted by atomic mass is 16.2. The quantitative estimate of drug-likeness (QED) is 0.509. The van der Waals surface area contributed by atoms with Crippen LogP contribution >= 0.6 is 0 Å². The van der Waals surface area contributed by atoms with E-state index in [1.54, 1.807) is 16.9 Å². The molecule has 1 saturated heterocycles. The highest BCUT2D eigenvalue weighted by molar-refractivity contribution is 5.92. The van der Waals surface area contributed by atoms with Crippen LogP contribution in [0.5, 0.6) is 0 Å². The molecule has 4 heterocycles. The third-order valence-corrected chi connectivity index (χ3v) is 7.58. The molecule has 0 spiro atoms. The van der Waals surface area contributed by atoms with Gasteiger partial charge in [0.05, 0.1) is 23.6 Å². The van der Waals surface area contributed by atoms with Crippen molar-refractivity contribution < 1.29 is 9.59 Å². The Kier molecular flexibility index (Phi) is 5.34. The van der Waals surface area contributed by atoms with Crippen molar-refractivity contribution in [3.8, 4) is 0 Å². The van der Waals surface area contributed by atoms with Crippen LogP contribution in [0.4, 0.5) is 0 Å². The summed E-state index contributed by atoms with van der Waals surface area (Å²) in [4.78, 5) is 30.2. The van der Waals surface area contributed by atoms with Gasteiger partial charge in [0.25, 0.3) is 5.91 Å². The second-order valence-electron chi connectivity index (χ2n) is 10.0. The molecule has 0 aromatic carbocycles. The van der Waals surface area contributed by atoms with Gasteiger partial charge in [-0.25, -0.2) is 9.50 Å². The summed E-state index contributed by atoms with van der Waals surface area (Å²) < 4.78 is 3.54. The monoisotopic (exact) mass is 461 g/mol. The van der Waals surface area contributed by atoms with Gasteiger partial charge in [-0.05, 0) is 75.0 Å². The predicted molar refractivity (Wildman–Crippen MR) is 125 cm³/mol. The van der Waals surface area contributed by atoms with E-state index in [2.05, 4.69) is 15.7 Å². The molecular formula is C25H31N7O2. The van der Waals surface area contributed by atoms with Crippen molar-refractivity contribution >= 4 is 17.5 Å². The molecule has 2 N–H and O–H groups in total. The van der Waals surface area contributed by atoms with E-state index >= 15 is 0 Å². The Labute approximate surface area is 198 Å². The normalized spacial score (nSPS) is 21.2. The van der Waals surface area contributed by atoms with Gasteiger partial charge in [-0.15, -0.1) is 0 Å². The van der Waals surface area contributed by atoms with Gasteiger partial charge >= 0.3 is 0 Å². The number of carbonyl (C=O) groups excluding carboxylic acids is 2. The van der Waals surface area contributed by atoms with Crippen molar-refractivity contribution in [2.24, 2.45) is 23.7 Å². The van der Waals surface area contributed by atoms with Gasteiger partial charge in [0.1, 0.15) is 5.69 Å². The minimum Gasteiger partial charge on any atom is -0.356 e. The SMILES string of the molecule is CCn1nccc1C(=O)NC(c1cn2nc(CC3CCNC3=O)ccc2n1)C(C1CC1)C1CC1. The highest BCUT2D eigenvalue weighted by Gasteiger charge is 2.47. The molecule has 3 aromatic heterocycles. The fourth-order valence-electron chi connectivity index (χ4n) is 5.54. The zero-order chi connectivity index (χ0) is 23.2. The third kappa shape index (κ3) is 4.08. The van der Waals surface area contributed by atoms with Gasteiger partial charge in [-0.3, -0.25) is 14.3 Å². The molecule has 3 aliphatic rings. The number of nitrogens with zero attached hydrogens (tertiary/aromatic N) is 5. The summed E-state index contributed by atoms with van der Waals surface area (Å²) in [6.07, 6.45) is 10.0. The van der Waals surface area contributed by atoms with Crippen LogP contribution < -0.4 is 10.6 Å². The lowest BCUT2D eigenvalue weighted by atomic mass is 9.87. The topological polar surface area (TPSA) is 106 Å². The van der Waals surface area contributed by atoms with Gasteiger partial charge in [0.15, 0.2) is 5.65 Å². The fourth-order valence-corrected chi connectivity index (χ4v) is 5.54. The Balaban J connectivity index is 1.31. The molecule has 178 valence electrons. The third-order valence-electron chi connectivity index (χ3n) is 7.58. The van der Waals surface area contributed by atoms with E-state index in [1.165, 1.54) is 25.7 Å². The van der Waals surface area contributed by atoms with Crippen LogP contribution in [0, 0.1) is 23.7 Å². The molecule has 3 fully saturated rings. The Bertz CT molecular complexity index is 1210. The molecule has 9 heteroatoms. The van der Waals surface area contributed by atoms with E-state index in [9.17, 15) is 9.59 Å². The van der Waals surface area contributed by atoms with Gasteiger partial charge in [-0.1, -0.05) is 0 Å². The Morgan fingerprint density at radius 2 is 1.97 bits per heavy atom. The van der Waals surface area contributed by atoms with E-state index in [-0.39, 0.29) is 23.8 Å². The average Bonchev–Trinajstić information content (AvgIpc) is 3.72. The van der Waals surface area contributed by atoms with Crippen molar-refractivity contribution in [3.05, 3.63) is 47.7 Å². The number of amides is 2. The summed E-state index contributed by atoms with van der Waals surface area (Å²) in [7, 11) is 0. The van der Waals surface area contributed by atoms with Crippen molar-refractivity contribution in [3.63, 3.8) is 0 Å². The number of hydrogen-bond donors (Lipinski definition) is 2. The summed E-state index contributed by atoms with van der Waals surface area (Å²) >= 11 is 0. The molecule has 3 aromatic rings. The molecule has 2 unspecified atom stereocenters. The summed E-state index contributed by atoms with van der Waals surface area (Å²) in [5.74, 6) is 1.67. The highest BCUT2D eigenvalue weighted by Crippen LogP contribution is 2.54. The number of fused-ring (bicyclic) bond motifs is 1. The summed E-state index contributed by atoms with van der Waals surface area (Å²) in [6, 6.07) is 5.55. The maximum absolute atomic E-state index is 13.3. The van der Waals surface area contributed by atoms with E-state index in [0.29, 0.717) is 36.4 Å². The Hall–Kier alpha value is -3.23. The van der Waals surface area contributed by atoms with Crippen LogP contribution in [0.2, 0.25) is 0 Å². The number of aromatic nitrogens is 5. The summed E-state index contributed by atoms with van der Waals surface area (Å²) in [5, 5.41) is 15.3. The van der Waals surface area contributed by atoms with Crippen LogP contribution in [-0.4, -0.2) is 42.7 Å². The van der Waals surface area contributed by atoms with Crippen LogP contribution in [0.3, 0.4) is 0 Å². The number of hydrogen-bond acceptors (Lipinski definition) is 5. The standard InChI is InChI=1S/C25H31N7O2/c1-2-31-20(10-12-27-31)25(34)29-23(22(15-3-4-15)16-5-6-16)19-14-32-21(28-19)8-7-18(30-32)13-17-9-11-26-24(17)33/h7-8,10,12,14-17,22-23H,2-6,9,11,13H2,1H3,(H,26,33)(H,29,34). The first-order chi connectivity index (χ1) is 16.6. The zero-order valence-corrected chi connectivity index (χ0v) is 19.5. The van der Waals surface area contributed by atoms with E-state index in [4.69, 9.17) is 10.1 Å². The van der Waals surface area contributed by atoms with Gasteiger partial charge < -0.3 is 10.6 Å². The second-order valence-corrected chi connectivity index (χ2v) is 10.0. The minimum atomic E-state index is -0.154. The molecule has 2 aliphatic carbocycles. The summed E-state index contributed by atoms with van der Waals surface area (Å²) in [6.45, 7) is 3.37. The molecule has 1 aliphatic heterocycles. The molecule has 0 bridgehead atoms. The van der Waals surface area contributed by atoms with Crippen molar-refractivity contribution in [2.45, 2.75) is 58.0 Å². The van der Waals surface area contributed by atoms with Crippen molar-refractivity contribution in [1.29, 1.82) is 0 Å². The van der Waals surface area contributed by atoms with Crippen LogP contribution in [0.25, 0.3) is 5.65 Å². The molecule has 34 heavy (non-hydrogen) atoms. The molecule has 0 radical (unpaired) electrons. The van der Waals surface area contributed by atoms with E-state index in [1.807, 2.05) is 29.8 Å². The maximum Gasteiger partial charge on any atom is 0.270 e. The number of imidazole rings is 1. The Morgan fingerprint density at radius 3 is 2.65 bits per heavy atom. The Morgan fingerprint density at radius 1 is 1.18 bits per heavy atom. The second kappa shape index (κ2) is 8.52. The number of carbonyl (C=O) groups is 2. The van der Waals surface area contributed by atoms with E-state index in [0.717, 1.165) is 30.0 Å². The van der Waals surface area contributed by atoms with Gasteiger partial charge in [0.2, 0.25) is 5.91 Å². The van der Waals surface area contributed by atoms with E-state index < -0.39 is 0 Å². The zero-order valence-electron chi connectivity index (χ0n) is 19.5. The minimum absolute atomic E-state index is 0.0162. The molecule has 2 saturated carbocycles. The largest absolute Gasteiger partial charge is 0.356 e. The maximum atomic E-state index is 13.3. The first-order valence-corrected chi connectivity index (χ1v) is 12.6. The summed E-state index contributed by atoms with van der Waals surface area (Å²) in [5.41, 5.74) is 3.09. The molecule has 9 nitrogen and oxygen atoms in total. The van der Waals surface area contributed by atoms with Crippen molar-refractivity contribution in [2.75, 3.05) is 6.54 Å². The van der Waals surface area contributed by atoms with Crippen LogP contribution in [0.15, 0.2) is 30.6 Å². The lowest BCUT2D eigenvalue weighted by Gasteiger charge is -2.27. The molecule has 2 amide bonds. The predicted octanol–water partition coefficient (Wildman–Crippen LogP) is 2.53. The lowest BCUT2D eigenvalue weighted by Crippen LogP contribution is -2.36. The first-order valence-electron chi connectivity index (χ1n) is 12.6. The lowest BCUT2D eigenvalue weighted by molar-refractivity contribution is -0.122. The number of nitrogens with one attached hydrogen (secondary N) is 2. The van der Waals surface area contributed by atoms with Gasteiger partial charge in [-0.2, -0.15) is 10.2 Å². The van der Waals surface area contributed by atoms with Crippen LogP contribution in [0.1, 0.15) is 66.9 Å². The first kappa shape index (κ1) is 21.3. The van der Waals surface area contributed by atoms with Crippen molar-refractivity contribution in [1.82, 2.24) is 35.0 Å². The fraction of sp³-hybridized carbons (Fsp3) is 0.560. The number of aryl methyl sites for hydroxylation is 1. The average molecular weight is 462 g/mol. The molecule has 2 atom stereocenters. The molecule has 6 rings (SSSR count). The van der Waals surface area contributed by atoms with Crippen LogP contribution in [-0.2, 0) is 17.8 Å².